The molecule has 0 bridgehead atoms. The summed E-state index contributed by atoms with van der Waals surface area (Å²) in [5, 5.41) is 11.5. The first-order chi connectivity index (χ1) is 9.88. The summed E-state index contributed by atoms with van der Waals surface area (Å²) in [4.78, 5) is 8.58. The maximum Gasteiger partial charge on any atom is 0.0908 e. The Morgan fingerprint density at radius 3 is 2.85 bits per heavy atom. The molecule has 0 aliphatic carbocycles. The number of benzene rings is 1. The first-order valence-corrected chi connectivity index (χ1v) is 6.70. The van der Waals surface area contributed by atoms with Gasteiger partial charge >= 0.3 is 0 Å². The maximum absolute atomic E-state index is 4.32. The average Bonchev–Trinajstić information content (AvgIpc) is 2.95. The molecule has 0 saturated carbocycles. The fourth-order valence-corrected chi connectivity index (χ4v) is 2.07. The summed E-state index contributed by atoms with van der Waals surface area (Å²) in [7, 11) is 0. The Balaban J connectivity index is 1.92. The lowest BCUT2D eigenvalue weighted by molar-refractivity contribution is 0.641. The SMILES string of the molecule is CCCNCc1cnnn1-c1ccc2nccnc2c1. The third kappa shape index (κ3) is 2.50. The Hall–Kier alpha value is -2.34. The Morgan fingerprint density at radius 1 is 1.15 bits per heavy atom. The smallest absolute Gasteiger partial charge is 0.0908 e. The highest BCUT2D eigenvalue weighted by molar-refractivity contribution is 5.76. The number of nitrogens with zero attached hydrogens (tertiary/aromatic N) is 5. The highest BCUT2D eigenvalue weighted by atomic mass is 15.4. The molecule has 0 fully saturated rings. The van der Waals surface area contributed by atoms with Crippen LogP contribution < -0.4 is 5.32 Å². The van der Waals surface area contributed by atoms with Crippen molar-refractivity contribution in [3.8, 4) is 5.69 Å². The van der Waals surface area contributed by atoms with E-state index in [2.05, 4.69) is 32.5 Å². The first kappa shape index (κ1) is 12.7. The molecule has 0 atom stereocenters. The molecule has 6 heteroatoms. The molecule has 2 aromatic heterocycles. The molecule has 0 aliphatic rings. The number of rotatable bonds is 5. The molecular weight excluding hydrogens is 252 g/mol. The zero-order chi connectivity index (χ0) is 13.8. The quantitative estimate of drug-likeness (QED) is 0.713. The number of aromatic nitrogens is 5. The van der Waals surface area contributed by atoms with Crippen LogP contribution in [0.4, 0.5) is 0 Å². The monoisotopic (exact) mass is 268 g/mol. The largest absolute Gasteiger partial charge is 0.311 e. The summed E-state index contributed by atoms with van der Waals surface area (Å²) in [6, 6.07) is 5.90. The van der Waals surface area contributed by atoms with Crippen molar-refractivity contribution < 1.29 is 0 Å². The van der Waals surface area contributed by atoms with Crippen molar-refractivity contribution in [3.63, 3.8) is 0 Å². The number of hydrogen-bond acceptors (Lipinski definition) is 5. The second-order valence-corrected chi connectivity index (χ2v) is 4.54. The van der Waals surface area contributed by atoms with Crippen molar-refractivity contribution in [2.45, 2.75) is 19.9 Å². The van der Waals surface area contributed by atoms with Crippen LogP contribution in [0.5, 0.6) is 0 Å². The van der Waals surface area contributed by atoms with Gasteiger partial charge in [0.2, 0.25) is 0 Å². The topological polar surface area (TPSA) is 68.5 Å². The summed E-state index contributed by atoms with van der Waals surface area (Å²) in [6.45, 7) is 3.87. The van der Waals surface area contributed by atoms with Gasteiger partial charge in [-0.25, -0.2) is 4.68 Å². The molecule has 0 spiro atoms. The van der Waals surface area contributed by atoms with Gasteiger partial charge in [0.15, 0.2) is 0 Å². The second kappa shape index (κ2) is 5.75. The van der Waals surface area contributed by atoms with Gasteiger partial charge in [0, 0.05) is 18.9 Å². The molecular formula is C14H16N6. The molecule has 0 amide bonds. The van der Waals surface area contributed by atoms with E-state index >= 15 is 0 Å². The van der Waals surface area contributed by atoms with E-state index in [9.17, 15) is 0 Å². The summed E-state index contributed by atoms with van der Waals surface area (Å²) in [5.74, 6) is 0. The van der Waals surface area contributed by atoms with Crippen LogP contribution in [0.1, 0.15) is 19.0 Å². The minimum Gasteiger partial charge on any atom is -0.311 e. The molecule has 102 valence electrons. The van der Waals surface area contributed by atoms with Gasteiger partial charge in [-0.3, -0.25) is 9.97 Å². The van der Waals surface area contributed by atoms with Crippen LogP contribution in [0, 0.1) is 0 Å². The van der Waals surface area contributed by atoms with Gasteiger partial charge < -0.3 is 5.32 Å². The van der Waals surface area contributed by atoms with Gasteiger partial charge in [-0.05, 0) is 31.2 Å². The van der Waals surface area contributed by atoms with E-state index in [-0.39, 0.29) is 0 Å². The van der Waals surface area contributed by atoms with Gasteiger partial charge in [0.1, 0.15) is 0 Å². The van der Waals surface area contributed by atoms with E-state index in [4.69, 9.17) is 0 Å². The standard InChI is InChI=1S/C14H16N6/c1-2-5-15-9-12-10-18-19-20(12)11-3-4-13-14(8-11)17-7-6-16-13/h3-4,6-8,10,15H,2,5,9H2,1H3. The van der Waals surface area contributed by atoms with Crippen LogP contribution in [0.15, 0.2) is 36.8 Å². The van der Waals surface area contributed by atoms with Crippen LogP contribution in [-0.4, -0.2) is 31.5 Å². The Bertz CT molecular complexity index is 705. The lowest BCUT2D eigenvalue weighted by atomic mass is 10.2. The summed E-state index contributed by atoms with van der Waals surface area (Å²) in [5.41, 5.74) is 3.71. The third-order valence-corrected chi connectivity index (χ3v) is 3.05. The van der Waals surface area contributed by atoms with Crippen molar-refractivity contribution in [3.05, 3.63) is 42.5 Å². The molecule has 1 N–H and O–H groups in total. The number of hydrogen-bond donors (Lipinski definition) is 1. The van der Waals surface area contributed by atoms with Crippen LogP contribution in [0.25, 0.3) is 16.7 Å². The Labute approximate surface area is 116 Å². The second-order valence-electron chi connectivity index (χ2n) is 4.54. The molecule has 1 aromatic carbocycles. The van der Waals surface area contributed by atoms with Crippen LogP contribution >= 0.6 is 0 Å². The highest BCUT2D eigenvalue weighted by Gasteiger charge is 2.07. The average molecular weight is 268 g/mol. The van der Waals surface area contributed by atoms with Gasteiger partial charge in [0.25, 0.3) is 0 Å². The zero-order valence-electron chi connectivity index (χ0n) is 11.3. The molecule has 3 aromatic rings. The van der Waals surface area contributed by atoms with Crippen molar-refractivity contribution in [2.75, 3.05) is 6.54 Å². The highest BCUT2D eigenvalue weighted by Crippen LogP contribution is 2.15. The van der Waals surface area contributed by atoms with Crippen LogP contribution in [0.2, 0.25) is 0 Å². The number of nitrogens with one attached hydrogen (secondary N) is 1. The fraction of sp³-hybridized carbons (Fsp3) is 0.286. The molecule has 2 heterocycles. The summed E-state index contributed by atoms with van der Waals surface area (Å²) >= 11 is 0. The Morgan fingerprint density at radius 2 is 2.00 bits per heavy atom. The predicted octanol–water partition coefficient (Wildman–Crippen LogP) is 1.71. The van der Waals surface area contributed by atoms with E-state index in [1.165, 1.54) is 0 Å². The molecule has 0 radical (unpaired) electrons. The minimum absolute atomic E-state index is 0.749. The van der Waals surface area contributed by atoms with E-state index in [1.807, 2.05) is 22.9 Å². The van der Waals surface area contributed by atoms with Crippen molar-refractivity contribution in [2.24, 2.45) is 0 Å². The van der Waals surface area contributed by atoms with E-state index in [1.54, 1.807) is 18.6 Å². The van der Waals surface area contributed by atoms with Crippen molar-refractivity contribution in [1.82, 2.24) is 30.3 Å². The fourth-order valence-electron chi connectivity index (χ4n) is 2.07. The maximum atomic E-state index is 4.32. The van der Waals surface area contributed by atoms with Gasteiger partial charge in [0.05, 0.1) is 28.6 Å². The molecule has 3 rings (SSSR count). The van der Waals surface area contributed by atoms with Gasteiger partial charge in [-0.15, -0.1) is 5.10 Å². The molecule has 0 unspecified atom stereocenters. The predicted molar refractivity (Wildman–Crippen MR) is 76.5 cm³/mol. The first-order valence-electron chi connectivity index (χ1n) is 6.70. The molecule has 20 heavy (non-hydrogen) atoms. The van der Waals surface area contributed by atoms with E-state index in [0.29, 0.717) is 0 Å². The summed E-state index contributed by atoms with van der Waals surface area (Å²) < 4.78 is 1.83. The Kier molecular flexibility index (Phi) is 3.64. The molecule has 0 aliphatic heterocycles. The summed E-state index contributed by atoms with van der Waals surface area (Å²) in [6.07, 6.45) is 6.27. The lowest BCUT2D eigenvalue weighted by Crippen LogP contribution is -2.16. The number of fused-ring (bicyclic) bond motifs is 1. The minimum atomic E-state index is 0.749. The van der Waals surface area contributed by atoms with Gasteiger partial charge in [-0.2, -0.15) is 0 Å². The van der Waals surface area contributed by atoms with Crippen molar-refractivity contribution >= 4 is 11.0 Å². The molecule has 0 saturated heterocycles. The molecule has 6 nitrogen and oxygen atoms in total. The normalized spacial score (nSPS) is 11.1. The van der Waals surface area contributed by atoms with Gasteiger partial charge in [-0.1, -0.05) is 12.1 Å². The third-order valence-electron chi connectivity index (χ3n) is 3.05. The lowest BCUT2D eigenvalue weighted by Gasteiger charge is -2.07. The van der Waals surface area contributed by atoms with Crippen LogP contribution in [-0.2, 0) is 6.54 Å². The van der Waals surface area contributed by atoms with Crippen LogP contribution in [0.3, 0.4) is 0 Å². The van der Waals surface area contributed by atoms with E-state index in [0.717, 1.165) is 41.9 Å². The van der Waals surface area contributed by atoms with Crippen molar-refractivity contribution in [1.29, 1.82) is 0 Å². The zero-order valence-corrected chi connectivity index (χ0v) is 11.3. The van der Waals surface area contributed by atoms with E-state index < -0.39 is 0 Å².